The van der Waals surface area contributed by atoms with Gasteiger partial charge in [0.1, 0.15) is 0 Å². The topological polar surface area (TPSA) is 49.0 Å². The van der Waals surface area contributed by atoms with Gasteiger partial charge in [0.05, 0.1) is 28.4 Å². The molecule has 1 heterocycles. The van der Waals surface area contributed by atoms with Crippen LogP contribution < -0.4 is 24.3 Å². The minimum absolute atomic E-state index is 0. The molecule has 2 aromatic rings. The first-order valence-corrected chi connectivity index (χ1v) is 9.32. The van der Waals surface area contributed by atoms with Crippen molar-refractivity contribution in [2.75, 3.05) is 28.4 Å². The minimum Gasteiger partial charge on any atom is -0.493 e. The Balaban J connectivity index is 0.00000280. The van der Waals surface area contributed by atoms with Gasteiger partial charge in [-0.1, -0.05) is 12.1 Å². The molecule has 6 heteroatoms. The predicted octanol–water partition coefficient (Wildman–Crippen LogP) is 4.35. The number of hydrogen-bond acceptors (Lipinski definition) is 5. The third-order valence-corrected chi connectivity index (χ3v) is 5.22. The summed E-state index contributed by atoms with van der Waals surface area (Å²) in [5.41, 5.74) is 3.76. The molecule has 3 rings (SSSR count). The number of benzene rings is 2. The molecule has 0 saturated heterocycles. The van der Waals surface area contributed by atoms with Crippen LogP contribution in [0.25, 0.3) is 0 Å². The lowest BCUT2D eigenvalue weighted by Gasteiger charge is -2.32. The summed E-state index contributed by atoms with van der Waals surface area (Å²) in [7, 11) is 6.72. The second-order valence-corrected chi connectivity index (χ2v) is 6.92. The lowest BCUT2D eigenvalue weighted by Crippen LogP contribution is -2.37. The highest BCUT2D eigenvalue weighted by Crippen LogP contribution is 2.38. The molecule has 0 amide bonds. The summed E-state index contributed by atoms with van der Waals surface area (Å²) in [6.07, 6.45) is 2.82. The normalized spacial score (nSPS) is 17.9. The number of para-hydroxylation sites is 1. The van der Waals surface area contributed by atoms with Crippen molar-refractivity contribution in [2.45, 2.75) is 38.3 Å². The van der Waals surface area contributed by atoms with E-state index in [-0.39, 0.29) is 18.4 Å². The maximum Gasteiger partial charge on any atom is 0.163 e. The zero-order valence-electron chi connectivity index (χ0n) is 17.2. The molecule has 2 aromatic carbocycles. The Hall–Kier alpha value is -2.11. The molecule has 28 heavy (non-hydrogen) atoms. The van der Waals surface area contributed by atoms with Gasteiger partial charge in [0.25, 0.3) is 0 Å². The molecule has 1 aliphatic heterocycles. The molecule has 154 valence electrons. The fraction of sp³-hybridized carbons (Fsp3) is 0.455. The quantitative estimate of drug-likeness (QED) is 0.739. The zero-order valence-corrected chi connectivity index (χ0v) is 18.0. The molecule has 2 atom stereocenters. The highest BCUT2D eigenvalue weighted by molar-refractivity contribution is 5.85. The molecule has 0 radical (unpaired) electrons. The Morgan fingerprint density at radius 2 is 1.61 bits per heavy atom. The van der Waals surface area contributed by atoms with Crippen LogP contribution in [-0.4, -0.2) is 34.5 Å². The first-order valence-electron chi connectivity index (χ1n) is 9.32. The van der Waals surface area contributed by atoms with Gasteiger partial charge in [0.15, 0.2) is 23.0 Å². The van der Waals surface area contributed by atoms with Crippen molar-refractivity contribution in [2.24, 2.45) is 0 Å². The maximum atomic E-state index is 5.58. The lowest BCUT2D eigenvalue weighted by molar-refractivity contribution is 0.345. The Kier molecular flexibility index (Phi) is 7.84. The molecule has 5 nitrogen and oxygen atoms in total. The Morgan fingerprint density at radius 3 is 2.25 bits per heavy atom. The number of halogens is 1. The van der Waals surface area contributed by atoms with Crippen molar-refractivity contribution in [3.8, 4) is 23.0 Å². The summed E-state index contributed by atoms with van der Waals surface area (Å²) in [4.78, 5) is 0. The number of rotatable bonds is 7. The molecule has 0 fully saturated rings. The predicted molar refractivity (Wildman–Crippen MR) is 114 cm³/mol. The summed E-state index contributed by atoms with van der Waals surface area (Å²) >= 11 is 0. The van der Waals surface area contributed by atoms with Crippen LogP contribution in [0, 0.1) is 0 Å². The summed E-state index contributed by atoms with van der Waals surface area (Å²) in [6.45, 7) is 2.22. The standard InChI is InChI=1S/C22H29NO4.ClH/c1-14-11-16-12-20(25-3)21(26-4)13-17(16)18(23-14)10-9-15-7-6-8-19(24-2)22(15)27-5;/h6-8,12-14,18,23H,9-11H2,1-5H3;1H/t14-,18?;/m0./s1. The Bertz CT molecular complexity index is 796. The minimum atomic E-state index is 0. The first kappa shape index (κ1) is 22.2. The van der Waals surface area contributed by atoms with Crippen LogP contribution in [-0.2, 0) is 12.8 Å². The average Bonchev–Trinajstić information content (AvgIpc) is 2.70. The zero-order chi connectivity index (χ0) is 19.4. The van der Waals surface area contributed by atoms with Crippen molar-refractivity contribution in [1.29, 1.82) is 0 Å². The fourth-order valence-corrected chi connectivity index (χ4v) is 3.95. The number of hydrogen-bond donors (Lipinski definition) is 1. The van der Waals surface area contributed by atoms with Crippen molar-refractivity contribution in [3.63, 3.8) is 0 Å². The summed E-state index contributed by atoms with van der Waals surface area (Å²) in [6, 6.07) is 10.9. The molecular formula is C22H30ClNO4. The highest BCUT2D eigenvalue weighted by atomic mass is 35.5. The van der Waals surface area contributed by atoms with E-state index in [1.54, 1.807) is 28.4 Å². The van der Waals surface area contributed by atoms with E-state index >= 15 is 0 Å². The van der Waals surface area contributed by atoms with E-state index in [9.17, 15) is 0 Å². The van der Waals surface area contributed by atoms with Gasteiger partial charge in [-0.25, -0.2) is 0 Å². The fourth-order valence-electron chi connectivity index (χ4n) is 3.95. The SMILES string of the molecule is COc1cc2c(cc1OC)C(CCc1cccc(OC)c1OC)N[C@@H](C)C2.Cl. The molecule has 0 aromatic heterocycles. The van der Waals surface area contributed by atoms with E-state index < -0.39 is 0 Å². The van der Waals surface area contributed by atoms with Crippen LogP contribution in [0.2, 0.25) is 0 Å². The molecule has 1 unspecified atom stereocenters. The third-order valence-electron chi connectivity index (χ3n) is 5.22. The van der Waals surface area contributed by atoms with Crippen LogP contribution in [0.5, 0.6) is 23.0 Å². The number of methoxy groups -OCH3 is 4. The smallest absolute Gasteiger partial charge is 0.163 e. The van der Waals surface area contributed by atoms with Gasteiger partial charge in [-0.3, -0.25) is 0 Å². The number of aryl methyl sites for hydroxylation is 1. The van der Waals surface area contributed by atoms with Crippen molar-refractivity contribution >= 4 is 12.4 Å². The van der Waals surface area contributed by atoms with Gasteiger partial charge < -0.3 is 24.3 Å². The summed E-state index contributed by atoms with van der Waals surface area (Å²) in [5.74, 6) is 3.15. The monoisotopic (exact) mass is 407 g/mol. The second-order valence-electron chi connectivity index (χ2n) is 6.92. The number of ether oxygens (including phenoxy) is 4. The van der Waals surface area contributed by atoms with Gasteiger partial charge in [-0.05, 0) is 61.1 Å². The third kappa shape index (κ3) is 4.47. The van der Waals surface area contributed by atoms with Gasteiger partial charge in [0.2, 0.25) is 0 Å². The lowest BCUT2D eigenvalue weighted by atomic mass is 9.87. The molecule has 1 N–H and O–H groups in total. The van der Waals surface area contributed by atoms with Crippen molar-refractivity contribution in [1.82, 2.24) is 5.32 Å². The second kappa shape index (κ2) is 9.89. The Morgan fingerprint density at radius 1 is 0.929 bits per heavy atom. The van der Waals surface area contributed by atoms with Crippen LogP contribution in [0.1, 0.15) is 36.1 Å². The largest absolute Gasteiger partial charge is 0.493 e. The maximum absolute atomic E-state index is 5.58. The molecule has 1 aliphatic rings. The van der Waals surface area contributed by atoms with E-state index in [4.69, 9.17) is 18.9 Å². The molecule has 0 spiro atoms. The Labute approximate surface area is 173 Å². The van der Waals surface area contributed by atoms with Crippen LogP contribution in [0.4, 0.5) is 0 Å². The average molecular weight is 408 g/mol. The van der Waals surface area contributed by atoms with Gasteiger partial charge in [-0.15, -0.1) is 12.4 Å². The number of nitrogens with one attached hydrogen (secondary N) is 1. The van der Waals surface area contributed by atoms with Crippen molar-refractivity contribution in [3.05, 3.63) is 47.0 Å². The van der Waals surface area contributed by atoms with E-state index in [2.05, 4.69) is 30.4 Å². The molecule has 0 saturated carbocycles. The van der Waals surface area contributed by atoms with E-state index in [0.717, 1.165) is 47.8 Å². The van der Waals surface area contributed by atoms with Gasteiger partial charge in [0, 0.05) is 12.1 Å². The summed E-state index contributed by atoms with van der Waals surface area (Å²) in [5, 5.41) is 3.73. The molecular weight excluding hydrogens is 378 g/mol. The number of fused-ring (bicyclic) bond motifs is 1. The van der Waals surface area contributed by atoms with Crippen molar-refractivity contribution < 1.29 is 18.9 Å². The van der Waals surface area contributed by atoms with E-state index in [0.29, 0.717) is 6.04 Å². The van der Waals surface area contributed by atoms with Crippen LogP contribution in [0.15, 0.2) is 30.3 Å². The first-order chi connectivity index (χ1) is 13.1. The highest BCUT2D eigenvalue weighted by Gasteiger charge is 2.26. The van der Waals surface area contributed by atoms with E-state index in [1.807, 2.05) is 12.1 Å². The van der Waals surface area contributed by atoms with Crippen LogP contribution in [0.3, 0.4) is 0 Å². The van der Waals surface area contributed by atoms with Gasteiger partial charge in [-0.2, -0.15) is 0 Å². The summed E-state index contributed by atoms with van der Waals surface area (Å²) < 4.78 is 22.0. The molecule has 0 bridgehead atoms. The van der Waals surface area contributed by atoms with Gasteiger partial charge >= 0.3 is 0 Å². The molecule has 0 aliphatic carbocycles. The van der Waals surface area contributed by atoms with E-state index in [1.165, 1.54) is 11.1 Å². The van der Waals surface area contributed by atoms with Crippen LogP contribution >= 0.6 is 12.4 Å².